The lowest BCUT2D eigenvalue weighted by Crippen LogP contribution is -2.17. The second kappa shape index (κ2) is 5.57. The number of halogens is 3. The van der Waals surface area contributed by atoms with Gasteiger partial charge in [-0.2, -0.15) is 13.2 Å². The lowest BCUT2D eigenvalue weighted by Gasteiger charge is -2.13. The summed E-state index contributed by atoms with van der Waals surface area (Å²) in [7, 11) is 0. The van der Waals surface area contributed by atoms with E-state index in [0.717, 1.165) is 17.8 Å². The molecule has 1 aromatic heterocycles. The maximum Gasteiger partial charge on any atom is 0.434 e. The van der Waals surface area contributed by atoms with Gasteiger partial charge in [0.25, 0.3) is 0 Å². The minimum Gasteiger partial charge on any atom is -0.312 e. The predicted octanol–water partition coefficient (Wildman–Crippen LogP) is 3.96. The number of nitrogens with one attached hydrogen (secondary N) is 1. The second-order valence-electron chi connectivity index (χ2n) is 5.22. The first-order chi connectivity index (χ1) is 8.16. The van der Waals surface area contributed by atoms with E-state index in [1.807, 2.05) is 27.7 Å². The Hall–Kier alpha value is -0.620. The molecule has 6 heteroatoms. The summed E-state index contributed by atoms with van der Waals surface area (Å²) in [4.78, 5) is 4.06. The number of hydrogen-bond donors (Lipinski definition) is 1. The van der Waals surface area contributed by atoms with Gasteiger partial charge in [-0.15, -0.1) is 11.3 Å². The van der Waals surface area contributed by atoms with Crippen LogP contribution in [-0.4, -0.2) is 11.5 Å². The van der Waals surface area contributed by atoms with Gasteiger partial charge in [0.15, 0.2) is 5.69 Å². The quantitative estimate of drug-likeness (QED) is 0.844. The first-order valence-corrected chi connectivity index (χ1v) is 6.76. The molecular weight excluding hydrogens is 261 g/mol. The standard InChI is InChI=1S/C12H19F3N2S/c1-5-6-16-7-8-9(12(13,14)15)17-10(18-8)11(2,3)4/h16H,5-7H2,1-4H3. The van der Waals surface area contributed by atoms with Gasteiger partial charge in [0.05, 0.1) is 9.88 Å². The van der Waals surface area contributed by atoms with Crippen LogP contribution in [0.25, 0.3) is 0 Å². The number of nitrogens with zero attached hydrogens (tertiary/aromatic N) is 1. The molecule has 0 bridgehead atoms. The van der Waals surface area contributed by atoms with Gasteiger partial charge in [0.1, 0.15) is 0 Å². The topological polar surface area (TPSA) is 24.9 Å². The van der Waals surface area contributed by atoms with Gasteiger partial charge < -0.3 is 5.32 Å². The van der Waals surface area contributed by atoms with Gasteiger partial charge in [-0.3, -0.25) is 0 Å². The average Bonchev–Trinajstić information content (AvgIpc) is 2.61. The monoisotopic (exact) mass is 280 g/mol. The summed E-state index contributed by atoms with van der Waals surface area (Å²) in [6.07, 6.45) is -3.48. The van der Waals surface area contributed by atoms with E-state index in [0.29, 0.717) is 11.6 Å². The molecule has 0 atom stereocenters. The van der Waals surface area contributed by atoms with Crippen molar-refractivity contribution < 1.29 is 13.2 Å². The molecule has 1 heterocycles. The second-order valence-corrected chi connectivity index (χ2v) is 6.30. The fourth-order valence-electron chi connectivity index (χ4n) is 1.39. The van der Waals surface area contributed by atoms with Crippen LogP contribution < -0.4 is 5.32 Å². The van der Waals surface area contributed by atoms with Crippen LogP contribution in [0.15, 0.2) is 0 Å². The van der Waals surface area contributed by atoms with E-state index in [4.69, 9.17) is 0 Å². The van der Waals surface area contributed by atoms with Crippen LogP contribution >= 0.6 is 11.3 Å². The molecule has 0 amide bonds. The van der Waals surface area contributed by atoms with Gasteiger partial charge in [-0.05, 0) is 13.0 Å². The van der Waals surface area contributed by atoms with Crippen LogP contribution in [0.1, 0.15) is 49.7 Å². The minimum absolute atomic E-state index is 0.233. The molecule has 1 aromatic rings. The largest absolute Gasteiger partial charge is 0.434 e. The highest BCUT2D eigenvalue weighted by molar-refractivity contribution is 7.11. The molecule has 0 aliphatic rings. The van der Waals surface area contributed by atoms with Gasteiger partial charge in [0.2, 0.25) is 0 Å². The molecule has 0 fully saturated rings. The van der Waals surface area contributed by atoms with Crippen molar-refractivity contribution in [1.82, 2.24) is 10.3 Å². The van der Waals surface area contributed by atoms with E-state index >= 15 is 0 Å². The number of aromatic nitrogens is 1. The highest BCUT2D eigenvalue weighted by Gasteiger charge is 2.38. The Morgan fingerprint density at radius 3 is 2.28 bits per heavy atom. The van der Waals surface area contributed by atoms with E-state index in [2.05, 4.69) is 10.3 Å². The summed E-state index contributed by atoms with van der Waals surface area (Å²) in [6.45, 7) is 8.53. The van der Waals surface area contributed by atoms with Crippen molar-refractivity contribution in [2.24, 2.45) is 0 Å². The summed E-state index contributed by atoms with van der Waals surface area (Å²) in [5, 5.41) is 3.53. The molecule has 0 aromatic carbocycles. The maximum atomic E-state index is 12.9. The van der Waals surface area contributed by atoms with Crippen molar-refractivity contribution in [3.05, 3.63) is 15.6 Å². The third kappa shape index (κ3) is 3.95. The average molecular weight is 280 g/mol. The molecule has 0 aliphatic carbocycles. The van der Waals surface area contributed by atoms with Crippen LogP contribution in [-0.2, 0) is 18.1 Å². The molecule has 0 unspecified atom stereocenters. The van der Waals surface area contributed by atoms with Crippen molar-refractivity contribution in [1.29, 1.82) is 0 Å². The molecule has 104 valence electrons. The zero-order chi connectivity index (χ0) is 14.0. The zero-order valence-electron chi connectivity index (χ0n) is 11.1. The van der Waals surface area contributed by atoms with E-state index in [1.165, 1.54) is 0 Å². The molecule has 0 spiro atoms. The highest BCUT2D eigenvalue weighted by Crippen LogP contribution is 2.37. The maximum absolute atomic E-state index is 12.9. The minimum atomic E-state index is -4.37. The van der Waals surface area contributed by atoms with E-state index in [1.54, 1.807) is 0 Å². The lowest BCUT2D eigenvalue weighted by atomic mass is 9.98. The van der Waals surface area contributed by atoms with Crippen LogP contribution in [0, 0.1) is 0 Å². The molecule has 0 radical (unpaired) electrons. The lowest BCUT2D eigenvalue weighted by molar-refractivity contribution is -0.141. The van der Waals surface area contributed by atoms with Crippen LogP contribution in [0.4, 0.5) is 13.2 Å². The molecule has 18 heavy (non-hydrogen) atoms. The summed E-state index contributed by atoms with van der Waals surface area (Å²) in [5.41, 5.74) is -1.09. The van der Waals surface area contributed by atoms with Crippen LogP contribution in [0.5, 0.6) is 0 Å². The first-order valence-electron chi connectivity index (χ1n) is 5.94. The third-order valence-corrected chi connectivity index (χ3v) is 3.80. The Morgan fingerprint density at radius 1 is 1.22 bits per heavy atom. The van der Waals surface area contributed by atoms with Gasteiger partial charge >= 0.3 is 6.18 Å². The first kappa shape index (κ1) is 15.4. The molecule has 0 aliphatic heterocycles. The molecule has 2 nitrogen and oxygen atoms in total. The highest BCUT2D eigenvalue weighted by atomic mass is 32.1. The van der Waals surface area contributed by atoms with E-state index < -0.39 is 11.9 Å². The van der Waals surface area contributed by atoms with Crippen LogP contribution in [0.3, 0.4) is 0 Å². The number of rotatable bonds is 4. The molecule has 0 saturated carbocycles. The number of thiazole rings is 1. The Bertz CT molecular complexity index is 391. The predicted molar refractivity (Wildman–Crippen MR) is 67.8 cm³/mol. The Labute approximate surface area is 110 Å². The molecular formula is C12H19F3N2S. The fraction of sp³-hybridized carbons (Fsp3) is 0.750. The van der Waals surface area contributed by atoms with E-state index in [9.17, 15) is 13.2 Å². The van der Waals surface area contributed by atoms with E-state index in [-0.39, 0.29) is 16.8 Å². The third-order valence-electron chi connectivity index (χ3n) is 2.32. The van der Waals surface area contributed by atoms with Gasteiger partial charge in [-0.25, -0.2) is 4.98 Å². The van der Waals surface area contributed by atoms with Crippen molar-refractivity contribution in [2.75, 3.05) is 6.54 Å². The SMILES string of the molecule is CCCNCc1sc(C(C)(C)C)nc1C(F)(F)F. The summed E-state index contributed by atoms with van der Waals surface area (Å²) in [6, 6.07) is 0. The zero-order valence-corrected chi connectivity index (χ0v) is 11.9. The van der Waals surface area contributed by atoms with Crippen molar-refractivity contribution in [3.8, 4) is 0 Å². The summed E-state index contributed by atoms with van der Waals surface area (Å²) >= 11 is 1.15. The number of alkyl halides is 3. The Kier molecular flexibility index (Phi) is 4.78. The molecule has 0 saturated heterocycles. The van der Waals surface area contributed by atoms with Gasteiger partial charge in [-0.1, -0.05) is 27.7 Å². The van der Waals surface area contributed by atoms with Crippen molar-refractivity contribution >= 4 is 11.3 Å². The number of hydrogen-bond acceptors (Lipinski definition) is 3. The van der Waals surface area contributed by atoms with Crippen molar-refractivity contribution in [3.63, 3.8) is 0 Å². The smallest absolute Gasteiger partial charge is 0.312 e. The summed E-state index contributed by atoms with van der Waals surface area (Å²) < 4.78 is 38.6. The fourth-order valence-corrected chi connectivity index (χ4v) is 2.50. The normalized spacial score (nSPS) is 13.1. The molecule has 1 rings (SSSR count). The van der Waals surface area contributed by atoms with Gasteiger partial charge in [0, 0.05) is 12.0 Å². The Morgan fingerprint density at radius 2 is 1.83 bits per heavy atom. The Balaban J connectivity index is 3.02. The summed E-state index contributed by atoms with van der Waals surface area (Å²) in [5.74, 6) is 0. The van der Waals surface area contributed by atoms with Crippen LogP contribution in [0.2, 0.25) is 0 Å². The molecule has 1 N–H and O–H groups in total. The van der Waals surface area contributed by atoms with Crippen molar-refractivity contribution in [2.45, 2.75) is 52.3 Å².